The molecule has 1 heterocycles. The van der Waals surface area contributed by atoms with Gasteiger partial charge in [0, 0.05) is 15.0 Å². The van der Waals surface area contributed by atoms with E-state index in [0.717, 1.165) is 4.47 Å². The number of benzene rings is 1. The van der Waals surface area contributed by atoms with Gasteiger partial charge in [0.2, 0.25) is 0 Å². The minimum absolute atomic E-state index is 0.380. The van der Waals surface area contributed by atoms with Crippen LogP contribution in [0.1, 0.15) is 30.3 Å². The van der Waals surface area contributed by atoms with Gasteiger partial charge in [-0.25, -0.2) is 0 Å². The highest BCUT2D eigenvalue weighted by Gasteiger charge is 2.17. The fraction of sp³-hybridized carbons (Fsp3) is 0.333. The van der Waals surface area contributed by atoms with Crippen LogP contribution in [0.4, 0.5) is 5.69 Å². The largest absolute Gasteiger partial charge is 0.377 e. The van der Waals surface area contributed by atoms with E-state index in [1.54, 1.807) is 0 Å². The van der Waals surface area contributed by atoms with E-state index >= 15 is 0 Å². The molecule has 0 bridgehead atoms. The van der Waals surface area contributed by atoms with E-state index in [1.807, 2.05) is 11.3 Å². The lowest BCUT2D eigenvalue weighted by atomic mass is 10.0. The molecule has 96 valence electrons. The summed E-state index contributed by atoms with van der Waals surface area (Å²) < 4.78 is 1.13. The van der Waals surface area contributed by atoms with Gasteiger partial charge in [-0.2, -0.15) is 0 Å². The number of aryl methyl sites for hydroxylation is 1. The van der Waals surface area contributed by atoms with Crippen LogP contribution in [0.25, 0.3) is 0 Å². The SMILES string of the molecule is Cc1cc(Br)ccc1NC(c1cccs1)C(C)C. The maximum Gasteiger partial charge on any atom is 0.0629 e. The summed E-state index contributed by atoms with van der Waals surface area (Å²) in [6.45, 7) is 6.65. The van der Waals surface area contributed by atoms with E-state index in [-0.39, 0.29) is 0 Å². The van der Waals surface area contributed by atoms with Gasteiger partial charge >= 0.3 is 0 Å². The number of hydrogen-bond donors (Lipinski definition) is 1. The van der Waals surface area contributed by atoms with E-state index in [1.165, 1.54) is 16.1 Å². The average molecular weight is 324 g/mol. The van der Waals surface area contributed by atoms with E-state index in [2.05, 4.69) is 77.7 Å². The van der Waals surface area contributed by atoms with Crippen molar-refractivity contribution in [2.24, 2.45) is 5.92 Å². The summed E-state index contributed by atoms with van der Waals surface area (Å²) in [6.07, 6.45) is 0. The normalized spacial score (nSPS) is 12.7. The molecule has 1 unspecified atom stereocenters. The Morgan fingerprint density at radius 2 is 2.00 bits per heavy atom. The Kier molecular flexibility index (Phi) is 4.46. The van der Waals surface area contributed by atoms with Crippen molar-refractivity contribution in [2.45, 2.75) is 26.8 Å². The predicted molar refractivity (Wildman–Crippen MR) is 84.4 cm³/mol. The van der Waals surface area contributed by atoms with Crippen LogP contribution >= 0.6 is 27.3 Å². The number of rotatable bonds is 4. The summed E-state index contributed by atoms with van der Waals surface area (Å²) in [5.41, 5.74) is 2.48. The molecule has 0 fully saturated rings. The number of halogens is 1. The van der Waals surface area contributed by atoms with E-state index in [0.29, 0.717) is 12.0 Å². The second kappa shape index (κ2) is 5.89. The Hall–Kier alpha value is -0.800. The van der Waals surface area contributed by atoms with Crippen molar-refractivity contribution >= 4 is 33.0 Å². The quantitative estimate of drug-likeness (QED) is 0.769. The molecular formula is C15H18BrNS. The Bertz CT molecular complexity index is 505. The van der Waals surface area contributed by atoms with Crippen LogP contribution in [0, 0.1) is 12.8 Å². The van der Waals surface area contributed by atoms with E-state index in [4.69, 9.17) is 0 Å². The Morgan fingerprint density at radius 3 is 2.56 bits per heavy atom. The molecule has 3 heteroatoms. The molecule has 0 aliphatic carbocycles. The summed E-state index contributed by atoms with van der Waals surface area (Å²) in [4.78, 5) is 1.40. The zero-order valence-electron chi connectivity index (χ0n) is 10.9. The van der Waals surface area contributed by atoms with Crippen LogP contribution in [0.3, 0.4) is 0 Å². The molecule has 18 heavy (non-hydrogen) atoms. The lowest BCUT2D eigenvalue weighted by molar-refractivity contribution is 0.553. The molecule has 0 spiro atoms. The highest BCUT2D eigenvalue weighted by atomic mass is 79.9. The van der Waals surface area contributed by atoms with E-state index < -0.39 is 0 Å². The van der Waals surface area contributed by atoms with Crippen LogP contribution in [-0.2, 0) is 0 Å². The highest BCUT2D eigenvalue weighted by Crippen LogP contribution is 2.31. The van der Waals surface area contributed by atoms with Crippen LogP contribution in [0.15, 0.2) is 40.2 Å². The third kappa shape index (κ3) is 3.15. The molecule has 0 amide bonds. The van der Waals surface area contributed by atoms with Crippen molar-refractivity contribution < 1.29 is 0 Å². The fourth-order valence-corrected chi connectivity index (χ4v) is 3.42. The molecule has 0 aliphatic rings. The maximum absolute atomic E-state index is 3.67. The van der Waals surface area contributed by atoms with Crippen LogP contribution in [0.2, 0.25) is 0 Å². The van der Waals surface area contributed by atoms with Gasteiger partial charge in [0.15, 0.2) is 0 Å². The van der Waals surface area contributed by atoms with E-state index in [9.17, 15) is 0 Å². The highest BCUT2D eigenvalue weighted by molar-refractivity contribution is 9.10. The van der Waals surface area contributed by atoms with Gasteiger partial charge in [0.1, 0.15) is 0 Å². The van der Waals surface area contributed by atoms with Crippen molar-refractivity contribution in [3.05, 3.63) is 50.6 Å². The topological polar surface area (TPSA) is 12.0 Å². The molecule has 0 aliphatic heterocycles. The van der Waals surface area contributed by atoms with Crippen molar-refractivity contribution in [3.63, 3.8) is 0 Å². The van der Waals surface area contributed by atoms with Gasteiger partial charge in [-0.05, 0) is 48.1 Å². The van der Waals surface area contributed by atoms with Gasteiger partial charge in [0.25, 0.3) is 0 Å². The Morgan fingerprint density at radius 1 is 1.22 bits per heavy atom. The molecule has 0 radical (unpaired) electrons. The molecule has 2 rings (SSSR count). The van der Waals surface area contributed by atoms with Crippen LogP contribution in [0.5, 0.6) is 0 Å². The first-order valence-electron chi connectivity index (χ1n) is 6.14. The lowest BCUT2D eigenvalue weighted by Gasteiger charge is -2.23. The average Bonchev–Trinajstić information content (AvgIpc) is 2.80. The van der Waals surface area contributed by atoms with Gasteiger partial charge in [-0.3, -0.25) is 0 Å². The summed E-state index contributed by atoms with van der Waals surface area (Å²) in [5, 5.41) is 5.81. The molecule has 1 aromatic carbocycles. The predicted octanol–water partition coefficient (Wildman–Crippen LogP) is 5.63. The minimum Gasteiger partial charge on any atom is -0.377 e. The smallest absolute Gasteiger partial charge is 0.0629 e. The molecule has 1 atom stereocenters. The molecular weight excluding hydrogens is 306 g/mol. The van der Waals surface area contributed by atoms with Gasteiger partial charge < -0.3 is 5.32 Å². The van der Waals surface area contributed by atoms with Crippen LogP contribution < -0.4 is 5.32 Å². The van der Waals surface area contributed by atoms with Gasteiger partial charge in [0.05, 0.1) is 6.04 Å². The third-order valence-electron chi connectivity index (χ3n) is 3.02. The van der Waals surface area contributed by atoms with Crippen molar-refractivity contribution in [3.8, 4) is 0 Å². The number of anilines is 1. The third-order valence-corrected chi connectivity index (χ3v) is 4.46. The number of hydrogen-bond acceptors (Lipinski definition) is 2. The summed E-state index contributed by atoms with van der Waals surface area (Å²) in [5.74, 6) is 0.562. The molecule has 0 saturated heterocycles. The first-order valence-corrected chi connectivity index (χ1v) is 7.81. The lowest BCUT2D eigenvalue weighted by Crippen LogP contribution is -2.16. The Labute approximate surface area is 121 Å². The van der Waals surface area contributed by atoms with Crippen LogP contribution in [-0.4, -0.2) is 0 Å². The molecule has 1 aromatic heterocycles. The number of thiophene rings is 1. The molecule has 1 nitrogen and oxygen atoms in total. The Balaban J connectivity index is 2.24. The van der Waals surface area contributed by atoms with Crippen molar-refractivity contribution in [2.75, 3.05) is 5.32 Å². The second-order valence-corrected chi connectivity index (χ2v) is 6.74. The number of nitrogens with one attached hydrogen (secondary N) is 1. The first-order chi connectivity index (χ1) is 8.58. The summed E-state index contributed by atoms with van der Waals surface area (Å²) in [7, 11) is 0. The maximum atomic E-state index is 3.67. The summed E-state index contributed by atoms with van der Waals surface area (Å²) in [6, 6.07) is 11.1. The summed E-state index contributed by atoms with van der Waals surface area (Å²) >= 11 is 5.32. The van der Waals surface area contributed by atoms with Crippen molar-refractivity contribution in [1.29, 1.82) is 0 Å². The van der Waals surface area contributed by atoms with Crippen molar-refractivity contribution in [1.82, 2.24) is 0 Å². The molecule has 0 saturated carbocycles. The monoisotopic (exact) mass is 323 g/mol. The fourth-order valence-electron chi connectivity index (χ4n) is 1.99. The second-order valence-electron chi connectivity index (χ2n) is 4.84. The zero-order chi connectivity index (χ0) is 13.1. The van der Waals surface area contributed by atoms with Gasteiger partial charge in [-0.1, -0.05) is 35.8 Å². The molecule has 1 N–H and O–H groups in total. The zero-order valence-corrected chi connectivity index (χ0v) is 13.3. The molecule has 2 aromatic rings. The first kappa shape index (κ1) is 13.6. The van der Waals surface area contributed by atoms with Gasteiger partial charge in [-0.15, -0.1) is 11.3 Å². The standard InChI is InChI=1S/C15H18BrNS/c1-10(2)15(14-5-4-8-18-14)17-13-7-6-12(16)9-11(13)3/h4-10,15,17H,1-3H3. The minimum atomic E-state index is 0.380.